The number of hydrogen-bond donors (Lipinski definition) is 0. The van der Waals surface area contributed by atoms with Crippen molar-refractivity contribution in [3.8, 4) is 0 Å². The van der Waals surface area contributed by atoms with Gasteiger partial charge < -0.3 is 9.47 Å². The molecule has 1 saturated carbocycles. The van der Waals surface area contributed by atoms with E-state index < -0.39 is 0 Å². The summed E-state index contributed by atoms with van der Waals surface area (Å²) in [5, 5.41) is 0. The van der Waals surface area contributed by atoms with Gasteiger partial charge in [0.2, 0.25) is 0 Å². The summed E-state index contributed by atoms with van der Waals surface area (Å²) in [6, 6.07) is 0. The first-order chi connectivity index (χ1) is 6.88. The molecule has 14 heavy (non-hydrogen) atoms. The Morgan fingerprint density at radius 3 is 1.93 bits per heavy atom. The molecule has 1 rings (SSSR count). The highest BCUT2D eigenvalue weighted by Crippen LogP contribution is 2.29. The molecule has 0 radical (unpaired) electrons. The highest BCUT2D eigenvalue weighted by molar-refractivity contribution is 4.70. The van der Waals surface area contributed by atoms with Gasteiger partial charge in [-0.3, -0.25) is 0 Å². The van der Waals surface area contributed by atoms with E-state index in [1.165, 1.54) is 25.7 Å². The van der Waals surface area contributed by atoms with Crippen molar-refractivity contribution in [3.05, 3.63) is 0 Å². The lowest BCUT2D eigenvalue weighted by molar-refractivity contribution is -0.171. The van der Waals surface area contributed by atoms with Crippen molar-refractivity contribution < 1.29 is 9.47 Å². The quantitative estimate of drug-likeness (QED) is 0.587. The zero-order valence-corrected chi connectivity index (χ0v) is 9.63. The Labute approximate surface area is 88.0 Å². The van der Waals surface area contributed by atoms with Gasteiger partial charge in [-0.2, -0.15) is 0 Å². The molecule has 0 spiro atoms. The van der Waals surface area contributed by atoms with E-state index in [2.05, 4.69) is 13.8 Å². The van der Waals surface area contributed by atoms with E-state index >= 15 is 0 Å². The summed E-state index contributed by atoms with van der Waals surface area (Å²) in [6.45, 7) is 5.97. The molecule has 1 aliphatic carbocycles. The van der Waals surface area contributed by atoms with E-state index in [0.29, 0.717) is 5.92 Å². The van der Waals surface area contributed by atoms with Gasteiger partial charge in [0.05, 0.1) is 0 Å². The minimum atomic E-state index is 0.0809. The van der Waals surface area contributed by atoms with E-state index in [1.54, 1.807) is 0 Å². The molecule has 84 valence electrons. The number of hydrogen-bond acceptors (Lipinski definition) is 2. The molecule has 0 aliphatic heterocycles. The predicted octanol–water partition coefficient (Wildman–Crippen LogP) is 3.36. The first-order valence-corrected chi connectivity index (χ1v) is 6.11. The van der Waals surface area contributed by atoms with Gasteiger partial charge >= 0.3 is 0 Å². The maximum absolute atomic E-state index is 5.76. The second kappa shape index (κ2) is 7.24. The molecule has 0 unspecified atom stereocenters. The summed E-state index contributed by atoms with van der Waals surface area (Å²) < 4.78 is 11.5. The topological polar surface area (TPSA) is 18.5 Å². The van der Waals surface area contributed by atoms with Crippen molar-refractivity contribution in [3.63, 3.8) is 0 Å². The van der Waals surface area contributed by atoms with Gasteiger partial charge in [0, 0.05) is 19.1 Å². The molecule has 0 N–H and O–H groups in total. The zero-order chi connectivity index (χ0) is 10.2. The minimum Gasteiger partial charge on any atom is -0.352 e. The van der Waals surface area contributed by atoms with Crippen molar-refractivity contribution in [2.24, 2.45) is 5.92 Å². The van der Waals surface area contributed by atoms with Crippen LogP contribution < -0.4 is 0 Å². The predicted molar refractivity (Wildman–Crippen MR) is 58.2 cm³/mol. The molecule has 0 aromatic rings. The van der Waals surface area contributed by atoms with Crippen LogP contribution in [0, 0.1) is 5.92 Å². The Balaban J connectivity index is 2.26. The average Bonchev–Trinajstić information content (AvgIpc) is 2.71. The van der Waals surface area contributed by atoms with Crippen LogP contribution in [0.1, 0.15) is 52.4 Å². The van der Waals surface area contributed by atoms with Gasteiger partial charge in [0.25, 0.3) is 0 Å². The second-order valence-electron chi connectivity index (χ2n) is 4.15. The molecular weight excluding hydrogens is 176 g/mol. The largest absolute Gasteiger partial charge is 0.352 e. The molecule has 2 heteroatoms. The van der Waals surface area contributed by atoms with Crippen molar-refractivity contribution in [2.75, 3.05) is 13.2 Å². The summed E-state index contributed by atoms with van der Waals surface area (Å²) in [5.41, 5.74) is 0. The van der Waals surface area contributed by atoms with E-state index in [0.717, 1.165) is 26.1 Å². The maximum Gasteiger partial charge on any atom is 0.160 e. The lowest BCUT2D eigenvalue weighted by atomic mass is 10.1. The van der Waals surface area contributed by atoms with E-state index in [1.807, 2.05) is 0 Å². The van der Waals surface area contributed by atoms with Crippen LogP contribution >= 0.6 is 0 Å². The second-order valence-corrected chi connectivity index (χ2v) is 4.15. The molecule has 0 saturated heterocycles. The Morgan fingerprint density at radius 1 is 1.00 bits per heavy atom. The molecule has 0 amide bonds. The maximum atomic E-state index is 5.76. The van der Waals surface area contributed by atoms with Crippen LogP contribution in [0.2, 0.25) is 0 Å². The van der Waals surface area contributed by atoms with Crippen molar-refractivity contribution >= 4 is 0 Å². The van der Waals surface area contributed by atoms with Gasteiger partial charge in [-0.1, -0.05) is 26.7 Å². The van der Waals surface area contributed by atoms with Gasteiger partial charge in [0.15, 0.2) is 6.29 Å². The smallest absolute Gasteiger partial charge is 0.160 e. The summed E-state index contributed by atoms with van der Waals surface area (Å²) >= 11 is 0. The highest BCUT2D eigenvalue weighted by atomic mass is 16.7. The van der Waals surface area contributed by atoms with Crippen LogP contribution in [-0.2, 0) is 9.47 Å². The lowest BCUT2D eigenvalue weighted by Gasteiger charge is -2.23. The fourth-order valence-corrected chi connectivity index (χ4v) is 2.02. The molecule has 1 aliphatic rings. The van der Waals surface area contributed by atoms with Crippen LogP contribution in [0.15, 0.2) is 0 Å². The Morgan fingerprint density at radius 2 is 1.50 bits per heavy atom. The fraction of sp³-hybridized carbons (Fsp3) is 1.00. The van der Waals surface area contributed by atoms with Crippen LogP contribution in [-0.4, -0.2) is 19.5 Å². The van der Waals surface area contributed by atoms with Crippen LogP contribution in [0.5, 0.6) is 0 Å². The molecular formula is C12H24O2. The SMILES string of the molecule is CCCOC(OCCC)C1CCCC1. The summed E-state index contributed by atoms with van der Waals surface area (Å²) in [5.74, 6) is 0.660. The molecule has 0 aromatic heterocycles. The zero-order valence-electron chi connectivity index (χ0n) is 9.63. The van der Waals surface area contributed by atoms with Crippen molar-refractivity contribution in [2.45, 2.75) is 58.7 Å². The Bertz CT molecular complexity index is 122. The van der Waals surface area contributed by atoms with Gasteiger partial charge in [0.1, 0.15) is 0 Å². The van der Waals surface area contributed by atoms with Crippen molar-refractivity contribution in [1.29, 1.82) is 0 Å². The first-order valence-electron chi connectivity index (χ1n) is 6.11. The lowest BCUT2D eigenvalue weighted by Crippen LogP contribution is -2.26. The monoisotopic (exact) mass is 200 g/mol. The van der Waals surface area contributed by atoms with Crippen molar-refractivity contribution in [1.82, 2.24) is 0 Å². The first kappa shape index (κ1) is 12.0. The third-order valence-electron chi connectivity index (χ3n) is 2.76. The molecule has 0 heterocycles. The highest BCUT2D eigenvalue weighted by Gasteiger charge is 2.25. The van der Waals surface area contributed by atoms with Crippen LogP contribution in [0.4, 0.5) is 0 Å². The van der Waals surface area contributed by atoms with E-state index in [9.17, 15) is 0 Å². The van der Waals surface area contributed by atoms with E-state index in [-0.39, 0.29) is 6.29 Å². The van der Waals surface area contributed by atoms with E-state index in [4.69, 9.17) is 9.47 Å². The van der Waals surface area contributed by atoms with Gasteiger partial charge in [-0.25, -0.2) is 0 Å². The summed E-state index contributed by atoms with van der Waals surface area (Å²) in [6.07, 6.45) is 7.53. The number of ether oxygens (including phenoxy) is 2. The Hall–Kier alpha value is -0.0800. The summed E-state index contributed by atoms with van der Waals surface area (Å²) in [4.78, 5) is 0. The van der Waals surface area contributed by atoms with Gasteiger partial charge in [-0.15, -0.1) is 0 Å². The van der Waals surface area contributed by atoms with Gasteiger partial charge in [-0.05, 0) is 25.7 Å². The molecule has 0 bridgehead atoms. The average molecular weight is 200 g/mol. The minimum absolute atomic E-state index is 0.0809. The molecule has 0 atom stereocenters. The molecule has 1 fully saturated rings. The Kier molecular flexibility index (Phi) is 6.20. The molecule has 0 aromatic carbocycles. The fourth-order valence-electron chi connectivity index (χ4n) is 2.02. The molecule has 2 nitrogen and oxygen atoms in total. The third kappa shape index (κ3) is 3.97. The third-order valence-corrected chi connectivity index (χ3v) is 2.76. The number of rotatable bonds is 7. The van der Waals surface area contributed by atoms with Crippen LogP contribution in [0.25, 0.3) is 0 Å². The normalized spacial score (nSPS) is 18.2. The van der Waals surface area contributed by atoms with Crippen LogP contribution in [0.3, 0.4) is 0 Å². The summed E-state index contributed by atoms with van der Waals surface area (Å²) in [7, 11) is 0. The standard InChI is InChI=1S/C12H24O2/c1-3-9-13-12(14-10-4-2)11-7-5-6-8-11/h11-12H,3-10H2,1-2H3.